The standard InChI is InChI=1S/C22H26N4O3S2/c1-28-16-5-6-17(19(12-16)29-2)23-21(27)13-25-7-9-26(10-8-25)14-22-24-18(15-31-22)20-4-3-11-30-20/h3-6,11-12,15H,7-10,13-14H2,1-2H3,(H,23,27). The van der Waals surface area contributed by atoms with Crippen LogP contribution in [-0.2, 0) is 11.3 Å². The summed E-state index contributed by atoms with van der Waals surface area (Å²) in [5.74, 6) is 1.23. The summed E-state index contributed by atoms with van der Waals surface area (Å²) in [5, 5.41) is 8.30. The first kappa shape index (κ1) is 21.8. The highest BCUT2D eigenvalue weighted by molar-refractivity contribution is 7.14. The Balaban J connectivity index is 1.24. The fraction of sp³-hybridized carbons (Fsp3) is 0.364. The molecule has 1 aromatic carbocycles. The summed E-state index contributed by atoms with van der Waals surface area (Å²) in [6, 6.07) is 9.52. The maximum Gasteiger partial charge on any atom is 0.238 e. The Morgan fingerprint density at radius 2 is 1.90 bits per heavy atom. The Hall–Kier alpha value is -2.46. The minimum atomic E-state index is -0.0440. The summed E-state index contributed by atoms with van der Waals surface area (Å²) >= 11 is 3.43. The Labute approximate surface area is 190 Å². The fourth-order valence-electron chi connectivity index (χ4n) is 3.51. The predicted molar refractivity (Wildman–Crippen MR) is 125 cm³/mol. The van der Waals surface area contributed by atoms with Gasteiger partial charge in [-0.05, 0) is 23.6 Å². The second-order valence-electron chi connectivity index (χ2n) is 7.27. The van der Waals surface area contributed by atoms with E-state index in [9.17, 15) is 4.79 Å². The van der Waals surface area contributed by atoms with Crippen LogP contribution in [0.3, 0.4) is 0 Å². The Bertz CT molecular complexity index is 998. The molecule has 0 unspecified atom stereocenters. The molecule has 0 saturated carbocycles. The van der Waals surface area contributed by atoms with Crippen molar-refractivity contribution in [3.05, 3.63) is 46.1 Å². The van der Waals surface area contributed by atoms with E-state index < -0.39 is 0 Å². The van der Waals surface area contributed by atoms with E-state index in [-0.39, 0.29) is 5.91 Å². The van der Waals surface area contributed by atoms with Gasteiger partial charge in [0.05, 0.1) is 43.6 Å². The van der Waals surface area contributed by atoms with Gasteiger partial charge >= 0.3 is 0 Å². The second-order valence-corrected chi connectivity index (χ2v) is 9.16. The summed E-state index contributed by atoms with van der Waals surface area (Å²) in [5.41, 5.74) is 1.72. The average Bonchev–Trinajstić information content (AvgIpc) is 3.47. The predicted octanol–water partition coefficient (Wildman–Crippen LogP) is 3.65. The summed E-state index contributed by atoms with van der Waals surface area (Å²) in [7, 11) is 3.18. The van der Waals surface area contributed by atoms with Crippen molar-refractivity contribution in [1.82, 2.24) is 14.8 Å². The SMILES string of the molecule is COc1ccc(NC(=O)CN2CCN(Cc3nc(-c4cccs4)cs3)CC2)c(OC)c1. The van der Waals surface area contributed by atoms with Gasteiger partial charge in [-0.2, -0.15) is 0 Å². The van der Waals surface area contributed by atoms with Crippen LogP contribution in [0.4, 0.5) is 5.69 Å². The van der Waals surface area contributed by atoms with E-state index in [0.29, 0.717) is 23.7 Å². The van der Waals surface area contributed by atoms with Gasteiger partial charge in [0.2, 0.25) is 5.91 Å². The van der Waals surface area contributed by atoms with Crippen LogP contribution >= 0.6 is 22.7 Å². The third-order valence-corrected chi connectivity index (χ3v) is 6.93. The number of nitrogens with zero attached hydrogens (tertiary/aromatic N) is 3. The number of methoxy groups -OCH3 is 2. The molecular weight excluding hydrogens is 432 g/mol. The first-order chi connectivity index (χ1) is 15.1. The lowest BCUT2D eigenvalue weighted by Gasteiger charge is -2.33. The maximum atomic E-state index is 12.5. The van der Waals surface area contributed by atoms with Crippen molar-refractivity contribution in [2.24, 2.45) is 0 Å². The highest BCUT2D eigenvalue weighted by Crippen LogP contribution is 2.29. The van der Waals surface area contributed by atoms with Crippen LogP contribution in [0.1, 0.15) is 5.01 Å². The molecule has 4 rings (SSSR count). The van der Waals surface area contributed by atoms with Gasteiger partial charge in [0.1, 0.15) is 16.5 Å². The van der Waals surface area contributed by atoms with Crippen LogP contribution in [0, 0.1) is 0 Å². The Kier molecular flexibility index (Phi) is 7.18. The number of thiophene rings is 1. The summed E-state index contributed by atoms with van der Waals surface area (Å²) in [4.78, 5) is 23.1. The number of anilines is 1. The zero-order valence-electron chi connectivity index (χ0n) is 17.7. The number of amides is 1. The zero-order valence-corrected chi connectivity index (χ0v) is 19.3. The number of aromatic nitrogens is 1. The van der Waals surface area contributed by atoms with Gasteiger partial charge in [-0.3, -0.25) is 14.6 Å². The van der Waals surface area contributed by atoms with E-state index in [1.807, 2.05) is 0 Å². The molecule has 1 aliphatic rings. The molecule has 0 atom stereocenters. The van der Waals surface area contributed by atoms with Crippen molar-refractivity contribution in [1.29, 1.82) is 0 Å². The quantitative estimate of drug-likeness (QED) is 0.556. The van der Waals surface area contributed by atoms with Crippen LogP contribution in [-0.4, -0.2) is 67.6 Å². The largest absolute Gasteiger partial charge is 0.497 e. The monoisotopic (exact) mass is 458 g/mol. The van der Waals surface area contributed by atoms with Crippen LogP contribution in [0.15, 0.2) is 41.1 Å². The number of hydrogen-bond donors (Lipinski definition) is 1. The molecule has 0 radical (unpaired) electrons. The van der Waals surface area contributed by atoms with E-state index >= 15 is 0 Å². The molecule has 1 saturated heterocycles. The van der Waals surface area contributed by atoms with Gasteiger partial charge in [-0.25, -0.2) is 4.98 Å². The average molecular weight is 459 g/mol. The van der Waals surface area contributed by atoms with E-state index in [1.54, 1.807) is 55.1 Å². The molecule has 1 aliphatic heterocycles. The molecule has 1 fully saturated rings. The van der Waals surface area contributed by atoms with Gasteiger partial charge in [0, 0.05) is 37.6 Å². The van der Waals surface area contributed by atoms with E-state index in [0.717, 1.165) is 43.4 Å². The summed E-state index contributed by atoms with van der Waals surface area (Å²) in [6.07, 6.45) is 0. The molecule has 3 aromatic rings. The number of carbonyl (C=O) groups excluding carboxylic acids is 1. The number of thiazole rings is 1. The highest BCUT2D eigenvalue weighted by atomic mass is 32.1. The van der Waals surface area contributed by atoms with Crippen molar-refractivity contribution < 1.29 is 14.3 Å². The lowest BCUT2D eigenvalue weighted by molar-refractivity contribution is -0.117. The van der Waals surface area contributed by atoms with Crippen molar-refractivity contribution >= 4 is 34.3 Å². The lowest BCUT2D eigenvalue weighted by atomic mass is 10.2. The number of rotatable bonds is 8. The molecule has 3 heterocycles. The van der Waals surface area contributed by atoms with Gasteiger partial charge in [-0.1, -0.05) is 6.07 Å². The normalized spacial score (nSPS) is 15.0. The molecule has 9 heteroatoms. The highest BCUT2D eigenvalue weighted by Gasteiger charge is 2.20. The molecular formula is C22H26N4O3S2. The van der Waals surface area contributed by atoms with Crippen LogP contribution < -0.4 is 14.8 Å². The molecule has 0 aliphatic carbocycles. The van der Waals surface area contributed by atoms with E-state index in [4.69, 9.17) is 14.5 Å². The third kappa shape index (κ3) is 5.62. The van der Waals surface area contributed by atoms with Gasteiger partial charge in [0.25, 0.3) is 0 Å². The van der Waals surface area contributed by atoms with Gasteiger partial charge < -0.3 is 14.8 Å². The topological polar surface area (TPSA) is 66.9 Å². The van der Waals surface area contributed by atoms with Crippen LogP contribution in [0.5, 0.6) is 11.5 Å². The molecule has 1 N–H and O–H groups in total. The Morgan fingerprint density at radius 3 is 2.61 bits per heavy atom. The number of nitrogens with one attached hydrogen (secondary N) is 1. The summed E-state index contributed by atoms with van der Waals surface area (Å²) < 4.78 is 10.6. The van der Waals surface area contributed by atoms with E-state index in [2.05, 4.69) is 38.0 Å². The van der Waals surface area contributed by atoms with Crippen molar-refractivity contribution in [3.63, 3.8) is 0 Å². The Morgan fingerprint density at radius 1 is 1.10 bits per heavy atom. The molecule has 31 heavy (non-hydrogen) atoms. The zero-order chi connectivity index (χ0) is 21.6. The lowest BCUT2D eigenvalue weighted by Crippen LogP contribution is -2.48. The molecule has 7 nitrogen and oxygen atoms in total. The van der Waals surface area contributed by atoms with Crippen molar-refractivity contribution in [2.45, 2.75) is 6.54 Å². The number of carbonyl (C=O) groups is 1. The van der Waals surface area contributed by atoms with E-state index in [1.165, 1.54) is 4.88 Å². The van der Waals surface area contributed by atoms with Crippen molar-refractivity contribution in [3.8, 4) is 22.1 Å². The molecule has 2 aromatic heterocycles. The van der Waals surface area contributed by atoms with Crippen LogP contribution in [0.25, 0.3) is 10.6 Å². The number of piperazine rings is 1. The molecule has 0 bridgehead atoms. The third-order valence-electron chi connectivity index (χ3n) is 5.20. The minimum Gasteiger partial charge on any atom is -0.497 e. The van der Waals surface area contributed by atoms with Crippen molar-refractivity contribution in [2.75, 3.05) is 52.3 Å². The molecule has 1 amide bonds. The number of hydrogen-bond acceptors (Lipinski definition) is 8. The van der Waals surface area contributed by atoms with Gasteiger partial charge in [-0.15, -0.1) is 22.7 Å². The first-order valence-electron chi connectivity index (χ1n) is 10.1. The first-order valence-corrected chi connectivity index (χ1v) is 11.9. The smallest absolute Gasteiger partial charge is 0.238 e. The number of benzene rings is 1. The fourth-order valence-corrected chi connectivity index (χ4v) is 5.11. The molecule has 0 spiro atoms. The number of ether oxygens (including phenoxy) is 2. The minimum absolute atomic E-state index is 0.0440. The second kappa shape index (κ2) is 10.2. The maximum absolute atomic E-state index is 12.5. The summed E-state index contributed by atoms with van der Waals surface area (Å²) in [6.45, 7) is 4.79. The molecule has 164 valence electrons. The van der Waals surface area contributed by atoms with Crippen LogP contribution in [0.2, 0.25) is 0 Å². The van der Waals surface area contributed by atoms with Gasteiger partial charge in [0.15, 0.2) is 0 Å².